The second kappa shape index (κ2) is 10.5. The minimum absolute atomic E-state index is 0.0821. The molecular formula is C19H23O9PS. The maximum atomic E-state index is 12.6. The highest BCUT2D eigenvalue weighted by molar-refractivity contribution is 7.87. The van der Waals surface area contributed by atoms with E-state index in [1.807, 2.05) is 0 Å². The Morgan fingerprint density at radius 1 is 0.900 bits per heavy atom. The van der Waals surface area contributed by atoms with E-state index >= 15 is 0 Å². The molecule has 9 nitrogen and oxygen atoms in total. The minimum atomic E-state index is -4.77. The van der Waals surface area contributed by atoms with Crippen molar-refractivity contribution in [1.29, 1.82) is 0 Å². The van der Waals surface area contributed by atoms with Gasteiger partial charge in [0.05, 0.1) is 50.6 Å². The molecular weight excluding hydrogens is 435 g/mol. The lowest BCUT2D eigenvalue weighted by molar-refractivity contribution is 0.276. The summed E-state index contributed by atoms with van der Waals surface area (Å²) in [6.07, 6.45) is 1.61. The van der Waals surface area contributed by atoms with E-state index in [-0.39, 0.29) is 17.3 Å². The molecule has 1 atom stereocenters. The fourth-order valence-corrected chi connectivity index (χ4v) is 3.85. The molecule has 0 bridgehead atoms. The highest BCUT2D eigenvalue weighted by Crippen LogP contribution is 2.42. The standard InChI is InChI=1S/C19H23O9PS/c1-24-14-10-17(26-3)15(18(11-14)27-4)7-8-30(23)12-13-5-6-16(25-2)19(9-13)28-29(20,21)22/h5-11H,12H2,1-4H3,(H2,20,21,22). The zero-order valence-electron chi connectivity index (χ0n) is 16.9. The van der Waals surface area contributed by atoms with Crippen LogP contribution in [-0.4, -0.2) is 42.4 Å². The molecule has 0 aromatic heterocycles. The molecule has 30 heavy (non-hydrogen) atoms. The maximum Gasteiger partial charge on any atom is 0.524 e. The Labute approximate surface area is 176 Å². The van der Waals surface area contributed by atoms with Gasteiger partial charge in [0.15, 0.2) is 11.5 Å². The lowest BCUT2D eigenvalue weighted by atomic mass is 10.1. The number of phosphoric acid groups is 1. The molecule has 0 radical (unpaired) electrons. The summed E-state index contributed by atoms with van der Waals surface area (Å²) in [5.74, 6) is 1.62. The van der Waals surface area contributed by atoms with Crippen molar-refractivity contribution < 1.29 is 42.0 Å². The molecule has 0 aliphatic rings. The molecule has 0 heterocycles. The number of benzene rings is 2. The van der Waals surface area contributed by atoms with Gasteiger partial charge in [-0.2, -0.15) is 0 Å². The van der Waals surface area contributed by atoms with E-state index < -0.39 is 18.6 Å². The third kappa shape index (κ3) is 6.50. The van der Waals surface area contributed by atoms with Crippen molar-refractivity contribution in [2.45, 2.75) is 5.75 Å². The minimum Gasteiger partial charge on any atom is -0.496 e. The van der Waals surface area contributed by atoms with Gasteiger partial charge in [0.1, 0.15) is 17.2 Å². The second-order valence-electron chi connectivity index (χ2n) is 5.84. The first-order valence-corrected chi connectivity index (χ1v) is 11.4. The normalized spacial score (nSPS) is 12.5. The fourth-order valence-electron chi connectivity index (χ4n) is 2.56. The molecule has 0 aliphatic carbocycles. The molecule has 164 valence electrons. The quantitative estimate of drug-likeness (QED) is 0.517. The van der Waals surface area contributed by atoms with E-state index in [0.717, 1.165) is 0 Å². The van der Waals surface area contributed by atoms with E-state index in [4.69, 9.17) is 28.7 Å². The Kier molecular flexibility index (Phi) is 8.31. The highest BCUT2D eigenvalue weighted by Gasteiger charge is 2.19. The van der Waals surface area contributed by atoms with Crippen molar-refractivity contribution in [2.24, 2.45) is 0 Å². The summed E-state index contributed by atoms with van der Waals surface area (Å²) < 4.78 is 49.3. The van der Waals surface area contributed by atoms with E-state index in [2.05, 4.69) is 4.52 Å². The van der Waals surface area contributed by atoms with Crippen LogP contribution in [0.3, 0.4) is 0 Å². The first-order valence-electron chi connectivity index (χ1n) is 8.48. The molecule has 0 spiro atoms. The van der Waals surface area contributed by atoms with Crippen molar-refractivity contribution in [3.8, 4) is 28.7 Å². The topological polar surface area (TPSA) is 121 Å². The predicted octanol–water partition coefficient (Wildman–Crippen LogP) is 3.11. The molecule has 0 saturated carbocycles. The first-order chi connectivity index (χ1) is 14.2. The molecule has 0 fully saturated rings. The molecule has 2 N–H and O–H groups in total. The SMILES string of the molecule is COc1cc(OC)c(C=CS(=O)Cc2ccc(OC)c(OP(=O)(O)O)c2)c(OC)c1. The van der Waals surface area contributed by atoms with Gasteiger partial charge in [-0.05, 0) is 23.8 Å². The van der Waals surface area contributed by atoms with Gasteiger partial charge < -0.3 is 23.5 Å². The van der Waals surface area contributed by atoms with Crippen LogP contribution in [0.25, 0.3) is 6.08 Å². The molecule has 1 unspecified atom stereocenters. The van der Waals surface area contributed by atoms with Gasteiger partial charge in [-0.15, -0.1) is 0 Å². The van der Waals surface area contributed by atoms with Crippen LogP contribution in [0.15, 0.2) is 35.7 Å². The van der Waals surface area contributed by atoms with Crippen LogP contribution in [-0.2, 0) is 21.1 Å². The predicted molar refractivity (Wildman–Crippen MR) is 113 cm³/mol. The zero-order valence-corrected chi connectivity index (χ0v) is 18.6. The summed E-state index contributed by atoms with van der Waals surface area (Å²) >= 11 is 0. The van der Waals surface area contributed by atoms with Crippen LogP contribution in [0.2, 0.25) is 0 Å². The molecule has 11 heteroatoms. The van der Waals surface area contributed by atoms with E-state index in [0.29, 0.717) is 28.4 Å². The molecule has 2 rings (SSSR count). The van der Waals surface area contributed by atoms with Crippen LogP contribution in [0.4, 0.5) is 0 Å². The Bertz CT molecular complexity index is 959. The zero-order chi connectivity index (χ0) is 22.3. The van der Waals surface area contributed by atoms with E-state index in [9.17, 15) is 8.77 Å². The largest absolute Gasteiger partial charge is 0.524 e. The van der Waals surface area contributed by atoms with E-state index in [1.165, 1.54) is 46.0 Å². The second-order valence-corrected chi connectivity index (χ2v) is 8.33. The summed E-state index contributed by atoms with van der Waals surface area (Å²) in [6, 6.07) is 7.85. The molecule has 0 aliphatic heterocycles. The molecule has 0 amide bonds. The van der Waals surface area contributed by atoms with Gasteiger partial charge in [0, 0.05) is 17.5 Å². The van der Waals surface area contributed by atoms with Crippen molar-refractivity contribution in [2.75, 3.05) is 28.4 Å². The van der Waals surface area contributed by atoms with Gasteiger partial charge in [0.2, 0.25) is 0 Å². The van der Waals surface area contributed by atoms with Crippen LogP contribution in [0, 0.1) is 0 Å². The summed E-state index contributed by atoms with van der Waals surface area (Å²) in [6.45, 7) is 0. The van der Waals surface area contributed by atoms with Crippen molar-refractivity contribution >= 4 is 24.7 Å². The summed E-state index contributed by atoms with van der Waals surface area (Å²) in [7, 11) is -0.344. The van der Waals surface area contributed by atoms with Crippen LogP contribution < -0.4 is 23.5 Å². The molecule has 2 aromatic carbocycles. The highest BCUT2D eigenvalue weighted by atomic mass is 32.2. The van der Waals surface area contributed by atoms with Crippen LogP contribution in [0.5, 0.6) is 28.7 Å². The van der Waals surface area contributed by atoms with Gasteiger partial charge in [0.25, 0.3) is 0 Å². The third-order valence-corrected chi connectivity index (χ3v) is 5.39. The van der Waals surface area contributed by atoms with Crippen molar-refractivity contribution in [3.63, 3.8) is 0 Å². The average molecular weight is 458 g/mol. The number of methoxy groups -OCH3 is 4. The maximum absolute atomic E-state index is 12.6. The lowest BCUT2D eigenvalue weighted by Gasteiger charge is -2.13. The van der Waals surface area contributed by atoms with Crippen molar-refractivity contribution in [3.05, 3.63) is 46.9 Å². The summed E-state index contributed by atoms with van der Waals surface area (Å²) in [4.78, 5) is 18.1. The number of ether oxygens (including phenoxy) is 4. The average Bonchev–Trinajstić information content (AvgIpc) is 2.70. The monoisotopic (exact) mass is 458 g/mol. The Morgan fingerprint density at radius 3 is 2.00 bits per heavy atom. The third-order valence-electron chi connectivity index (χ3n) is 3.89. The molecule has 0 saturated heterocycles. The fraction of sp³-hybridized carbons (Fsp3) is 0.263. The van der Waals surface area contributed by atoms with Gasteiger partial charge >= 0.3 is 7.82 Å². The smallest absolute Gasteiger partial charge is 0.496 e. The summed E-state index contributed by atoms with van der Waals surface area (Å²) in [5, 5.41) is 1.47. The number of hydrogen-bond acceptors (Lipinski definition) is 7. The Balaban J connectivity index is 2.25. The molecule has 2 aromatic rings. The summed E-state index contributed by atoms with van der Waals surface area (Å²) in [5.41, 5.74) is 1.13. The Hall–Kier alpha value is -2.52. The number of phosphoric ester groups is 1. The Morgan fingerprint density at radius 2 is 1.50 bits per heavy atom. The number of hydrogen-bond donors (Lipinski definition) is 2. The van der Waals surface area contributed by atoms with Crippen molar-refractivity contribution in [1.82, 2.24) is 0 Å². The van der Waals surface area contributed by atoms with Gasteiger partial charge in [-0.25, -0.2) is 4.57 Å². The number of rotatable bonds is 10. The first kappa shape index (κ1) is 23.8. The van der Waals surface area contributed by atoms with Crippen LogP contribution in [0.1, 0.15) is 11.1 Å². The van der Waals surface area contributed by atoms with Gasteiger partial charge in [-0.3, -0.25) is 14.0 Å². The van der Waals surface area contributed by atoms with Gasteiger partial charge in [-0.1, -0.05) is 6.07 Å². The van der Waals surface area contributed by atoms with E-state index in [1.54, 1.807) is 24.3 Å². The van der Waals surface area contributed by atoms with Crippen LogP contribution >= 0.6 is 7.82 Å². The lowest BCUT2D eigenvalue weighted by Crippen LogP contribution is -1.98.